The maximum Gasteiger partial charge on any atom is 0.287 e. The molecular weight excluding hydrogens is 392 g/mol. The topological polar surface area (TPSA) is 61.2 Å². The quantitative estimate of drug-likeness (QED) is 0.557. The van der Waals surface area contributed by atoms with Gasteiger partial charge in [0.1, 0.15) is 12.3 Å². The number of methoxy groups -OCH3 is 3. The SMILES string of the molecule is COc1cccc(NC(=O)[C@@H](c2ccccc2)[NH+](C)Cc2ccc(OC)c(OC)c2)c1. The first-order valence-electron chi connectivity index (χ1n) is 10.1. The number of anilines is 1. The molecule has 0 radical (unpaired) electrons. The highest BCUT2D eigenvalue weighted by Crippen LogP contribution is 2.27. The van der Waals surface area contributed by atoms with Gasteiger partial charge in [-0.15, -0.1) is 0 Å². The van der Waals surface area contributed by atoms with E-state index in [-0.39, 0.29) is 5.91 Å². The van der Waals surface area contributed by atoms with Gasteiger partial charge in [-0.1, -0.05) is 36.4 Å². The van der Waals surface area contributed by atoms with Crippen LogP contribution in [0.5, 0.6) is 17.2 Å². The summed E-state index contributed by atoms with van der Waals surface area (Å²) in [7, 11) is 6.85. The predicted octanol–water partition coefficient (Wildman–Crippen LogP) is 3.11. The van der Waals surface area contributed by atoms with Crippen LogP contribution in [0.1, 0.15) is 17.2 Å². The fourth-order valence-electron chi connectivity index (χ4n) is 3.64. The molecule has 0 heterocycles. The second-order valence-corrected chi connectivity index (χ2v) is 7.28. The summed E-state index contributed by atoms with van der Waals surface area (Å²) < 4.78 is 16.0. The Bertz CT molecular complexity index is 1010. The summed E-state index contributed by atoms with van der Waals surface area (Å²) in [6.07, 6.45) is 0. The molecule has 0 saturated carbocycles. The summed E-state index contributed by atoms with van der Waals surface area (Å²) in [5, 5.41) is 3.04. The molecular formula is C25H29N2O4+. The van der Waals surface area contributed by atoms with Crippen molar-refractivity contribution in [3.05, 3.63) is 83.9 Å². The summed E-state index contributed by atoms with van der Waals surface area (Å²) >= 11 is 0. The predicted molar refractivity (Wildman–Crippen MR) is 121 cm³/mol. The van der Waals surface area contributed by atoms with E-state index in [2.05, 4.69) is 5.32 Å². The van der Waals surface area contributed by atoms with Crippen molar-refractivity contribution >= 4 is 11.6 Å². The number of carbonyl (C=O) groups excluding carboxylic acids is 1. The molecule has 162 valence electrons. The Labute approximate surface area is 183 Å². The number of hydrogen-bond donors (Lipinski definition) is 2. The Kier molecular flexibility index (Phi) is 7.51. The van der Waals surface area contributed by atoms with E-state index < -0.39 is 6.04 Å². The molecule has 0 bridgehead atoms. The fraction of sp³-hybridized carbons (Fsp3) is 0.240. The average molecular weight is 422 g/mol. The Balaban J connectivity index is 1.85. The zero-order valence-electron chi connectivity index (χ0n) is 18.3. The van der Waals surface area contributed by atoms with Gasteiger partial charge in [-0.05, 0) is 30.3 Å². The maximum absolute atomic E-state index is 13.4. The van der Waals surface area contributed by atoms with E-state index in [1.54, 1.807) is 21.3 Å². The number of nitrogens with one attached hydrogen (secondary N) is 2. The van der Waals surface area contributed by atoms with Gasteiger partial charge in [0.15, 0.2) is 17.5 Å². The summed E-state index contributed by atoms with van der Waals surface area (Å²) in [4.78, 5) is 14.4. The molecule has 1 unspecified atom stereocenters. The van der Waals surface area contributed by atoms with Crippen LogP contribution in [0.3, 0.4) is 0 Å². The highest BCUT2D eigenvalue weighted by Gasteiger charge is 2.29. The fourth-order valence-corrected chi connectivity index (χ4v) is 3.64. The van der Waals surface area contributed by atoms with Crippen LogP contribution >= 0.6 is 0 Å². The van der Waals surface area contributed by atoms with E-state index in [0.29, 0.717) is 29.5 Å². The second-order valence-electron chi connectivity index (χ2n) is 7.28. The first kappa shape index (κ1) is 22.2. The summed E-state index contributed by atoms with van der Waals surface area (Å²) in [6.45, 7) is 0.630. The van der Waals surface area contributed by atoms with E-state index in [1.165, 1.54) is 0 Å². The van der Waals surface area contributed by atoms with Gasteiger partial charge in [0.25, 0.3) is 5.91 Å². The zero-order valence-corrected chi connectivity index (χ0v) is 18.3. The van der Waals surface area contributed by atoms with E-state index in [0.717, 1.165) is 16.0 Å². The molecule has 0 aliphatic heterocycles. The monoisotopic (exact) mass is 421 g/mol. The van der Waals surface area contributed by atoms with E-state index in [4.69, 9.17) is 14.2 Å². The highest BCUT2D eigenvalue weighted by atomic mass is 16.5. The maximum atomic E-state index is 13.4. The van der Waals surface area contributed by atoms with Crippen LogP contribution in [-0.4, -0.2) is 34.3 Å². The van der Waals surface area contributed by atoms with Crippen molar-refractivity contribution in [1.29, 1.82) is 0 Å². The van der Waals surface area contributed by atoms with Gasteiger partial charge in [0.05, 0.1) is 28.4 Å². The Morgan fingerprint density at radius 2 is 1.61 bits per heavy atom. The van der Waals surface area contributed by atoms with Gasteiger partial charge in [-0.2, -0.15) is 0 Å². The Morgan fingerprint density at radius 1 is 0.871 bits per heavy atom. The summed E-state index contributed by atoms with van der Waals surface area (Å²) in [5.41, 5.74) is 2.69. The number of quaternary nitrogens is 1. The molecule has 0 aliphatic carbocycles. The Morgan fingerprint density at radius 3 is 2.29 bits per heavy atom. The van der Waals surface area contributed by atoms with Crippen LogP contribution in [0, 0.1) is 0 Å². The lowest BCUT2D eigenvalue weighted by Crippen LogP contribution is -3.09. The lowest BCUT2D eigenvalue weighted by Gasteiger charge is -2.25. The van der Waals surface area contributed by atoms with E-state index in [9.17, 15) is 4.79 Å². The second kappa shape index (κ2) is 10.5. The third-order valence-corrected chi connectivity index (χ3v) is 5.16. The standard InChI is InChI=1S/C25H28N2O4/c1-27(17-18-13-14-22(30-3)23(15-18)31-4)24(19-9-6-5-7-10-19)25(28)26-20-11-8-12-21(16-20)29-2/h5-16,24H,17H2,1-4H3,(H,26,28)/p+1/t24-/m1/s1. The van der Waals surface area contributed by atoms with Gasteiger partial charge >= 0.3 is 0 Å². The van der Waals surface area contributed by atoms with E-state index in [1.807, 2.05) is 79.8 Å². The molecule has 0 saturated heterocycles. The number of ether oxygens (including phenoxy) is 3. The highest BCUT2D eigenvalue weighted by molar-refractivity contribution is 5.94. The van der Waals surface area contributed by atoms with E-state index >= 15 is 0 Å². The van der Waals surface area contributed by atoms with Gasteiger partial charge in [-0.3, -0.25) is 4.79 Å². The Hall–Kier alpha value is -3.51. The van der Waals surface area contributed by atoms with Crippen molar-refractivity contribution in [3.8, 4) is 17.2 Å². The smallest absolute Gasteiger partial charge is 0.287 e. The summed E-state index contributed by atoms with van der Waals surface area (Å²) in [5.74, 6) is 1.96. The third kappa shape index (κ3) is 5.55. The number of hydrogen-bond acceptors (Lipinski definition) is 4. The molecule has 3 rings (SSSR count). The van der Waals surface area contributed by atoms with Crippen LogP contribution in [0.25, 0.3) is 0 Å². The minimum Gasteiger partial charge on any atom is -0.497 e. The van der Waals surface area contributed by atoms with Crippen molar-refractivity contribution in [2.75, 3.05) is 33.7 Å². The number of rotatable bonds is 9. The van der Waals surface area contributed by atoms with Crippen LogP contribution in [0.2, 0.25) is 0 Å². The molecule has 31 heavy (non-hydrogen) atoms. The first-order valence-corrected chi connectivity index (χ1v) is 10.1. The molecule has 1 amide bonds. The van der Waals surface area contributed by atoms with Gasteiger partial charge < -0.3 is 24.4 Å². The van der Waals surface area contributed by atoms with Crippen molar-refractivity contribution < 1.29 is 23.9 Å². The van der Waals surface area contributed by atoms with Crippen molar-refractivity contribution in [3.63, 3.8) is 0 Å². The van der Waals surface area contributed by atoms with Crippen LogP contribution in [0.4, 0.5) is 5.69 Å². The normalized spacial score (nSPS) is 12.5. The molecule has 3 aromatic rings. The third-order valence-electron chi connectivity index (χ3n) is 5.16. The lowest BCUT2D eigenvalue weighted by atomic mass is 10.0. The minimum atomic E-state index is -0.402. The molecule has 0 fully saturated rings. The molecule has 0 aromatic heterocycles. The average Bonchev–Trinajstić information content (AvgIpc) is 2.79. The molecule has 2 N–H and O–H groups in total. The van der Waals surface area contributed by atoms with Gasteiger partial charge in [0, 0.05) is 22.9 Å². The molecule has 0 spiro atoms. The number of carbonyl (C=O) groups is 1. The number of likely N-dealkylation sites (N-methyl/N-ethyl adjacent to an activating group) is 1. The molecule has 0 aliphatic rings. The summed E-state index contributed by atoms with van der Waals surface area (Å²) in [6, 6.07) is 22.6. The first-order chi connectivity index (χ1) is 15.0. The lowest BCUT2D eigenvalue weighted by molar-refractivity contribution is -0.915. The zero-order chi connectivity index (χ0) is 22.2. The minimum absolute atomic E-state index is 0.0857. The number of amides is 1. The van der Waals surface area contributed by atoms with Crippen molar-refractivity contribution in [2.24, 2.45) is 0 Å². The molecule has 6 nitrogen and oxygen atoms in total. The van der Waals surface area contributed by atoms with Crippen molar-refractivity contribution in [2.45, 2.75) is 12.6 Å². The molecule has 3 aromatic carbocycles. The van der Waals surface area contributed by atoms with Crippen molar-refractivity contribution in [1.82, 2.24) is 0 Å². The van der Waals surface area contributed by atoms with Crippen LogP contribution in [0.15, 0.2) is 72.8 Å². The molecule has 2 atom stereocenters. The molecule has 6 heteroatoms. The largest absolute Gasteiger partial charge is 0.497 e. The van der Waals surface area contributed by atoms with Crippen LogP contribution in [-0.2, 0) is 11.3 Å². The van der Waals surface area contributed by atoms with Gasteiger partial charge in [-0.25, -0.2) is 0 Å². The van der Waals surface area contributed by atoms with Crippen LogP contribution < -0.4 is 24.4 Å². The number of benzene rings is 3. The van der Waals surface area contributed by atoms with Gasteiger partial charge in [0.2, 0.25) is 0 Å².